The van der Waals surface area contributed by atoms with Gasteiger partial charge in [-0.2, -0.15) is 0 Å². The van der Waals surface area contributed by atoms with Gasteiger partial charge in [0.2, 0.25) is 5.91 Å². The van der Waals surface area contributed by atoms with Gasteiger partial charge in [-0.15, -0.1) is 24.8 Å². The van der Waals surface area contributed by atoms with Crippen molar-refractivity contribution in [2.75, 3.05) is 0 Å². The van der Waals surface area contributed by atoms with E-state index in [2.05, 4.69) is 22.4 Å². The van der Waals surface area contributed by atoms with Crippen LogP contribution in [-0.2, 0) is 17.9 Å². The minimum Gasteiger partial charge on any atom is -0.350 e. The fraction of sp³-hybridized carbons (Fsp3) is 0.333. The van der Waals surface area contributed by atoms with E-state index in [1.807, 2.05) is 22.9 Å². The SMILES string of the molecule is Cl.Cl.NC1(C(=O)NCc2ccc(Cn3ccnc3)cc2)CC1. The predicted molar refractivity (Wildman–Crippen MR) is 90.3 cm³/mol. The maximum atomic E-state index is 11.7. The van der Waals surface area contributed by atoms with Gasteiger partial charge in [-0.3, -0.25) is 4.79 Å². The number of carbonyl (C=O) groups is 1. The Morgan fingerprint density at radius 1 is 1.23 bits per heavy atom. The average molecular weight is 343 g/mol. The Hall–Kier alpha value is -1.56. The van der Waals surface area contributed by atoms with Gasteiger partial charge < -0.3 is 15.6 Å². The molecule has 0 atom stereocenters. The smallest absolute Gasteiger partial charge is 0.240 e. The largest absolute Gasteiger partial charge is 0.350 e. The molecule has 5 nitrogen and oxygen atoms in total. The molecule has 3 rings (SSSR count). The molecule has 0 saturated heterocycles. The minimum atomic E-state index is -0.596. The Labute approximate surface area is 142 Å². The number of hydrogen-bond donors (Lipinski definition) is 2. The van der Waals surface area contributed by atoms with Crippen LogP contribution >= 0.6 is 24.8 Å². The molecule has 7 heteroatoms. The number of benzene rings is 1. The molecule has 22 heavy (non-hydrogen) atoms. The number of carbonyl (C=O) groups excluding carboxylic acids is 1. The third-order valence-corrected chi connectivity index (χ3v) is 3.64. The van der Waals surface area contributed by atoms with Crippen molar-refractivity contribution in [3.63, 3.8) is 0 Å². The van der Waals surface area contributed by atoms with Crippen LogP contribution in [0.2, 0.25) is 0 Å². The molecule has 1 amide bonds. The highest BCUT2D eigenvalue weighted by molar-refractivity contribution is 5.88. The molecule has 1 aliphatic carbocycles. The topological polar surface area (TPSA) is 72.9 Å². The molecule has 0 bridgehead atoms. The van der Waals surface area contributed by atoms with Crippen LogP contribution in [0.3, 0.4) is 0 Å². The van der Waals surface area contributed by atoms with Gasteiger partial charge in [0, 0.05) is 25.5 Å². The monoisotopic (exact) mass is 342 g/mol. The number of hydrogen-bond acceptors (Lipinski definition) is 3. The Morgan fingerprint density at radius 3 is 2.41 bits per heavy atom. The predicted octanol–water partition coefficient (Wildman–Crippen LogP) is 1.88. The Balaban J connectivity index is 0.00000121. The van der Waals surface area contributed by atoms with Crippen molar-refractivity contribution in [2.24, 2.45) is 5.73 Å². The molecular weight excluding hydrogens is 323 g/mol. The van der Waals surface area contributed by atoms with Crippen LogP contribution < -0.4 is 11.1 Å². The zero-order valence-corrected chi connectivity index (χ0v) is 13.7. The van der Waals surface area contributed by atoms with Crippen molar-refractivity contribution >= 4 is 30.7 Å². The number of nitrogens with one attached hydrogen (secondary N) is 1. The second-order valence-electron chi connectivity index (χ2n) is 5.39. The summed E-state index contributed by atoms with van der Waals surface area (Å²) in [5.74, 6) is -0.0417. The normalized spacial score (nSPS) is 14.4. The summed E-state index contributed by atoms with van der Waals surface area (Å²) in [5, 5.41) is 2.89. The highest BCUT2D eigenvalue weighted by Gasteiger charge is 2.45. The maximum absolute atomic E-state index is 11.7. The number of halogens is 2. The van der Waals surface area contributed by atoms with E-state index < -0.39 is 5.54 Å². The van der Waals surface area contributed by atoms with Crippen LogP contribution in [0.5, 0.6) is 0 Å². The molecule has 1 aliphatic rings. The van der Waals surface area contributed by atoms with Crippen molar-refractivity contribution in [1.82, 2.24) is 14.9 Å². The molecule has 2 aromatic rings. The number of imidazole rings is 1. The quantitative estimate of drug-likeness (QED) is 0.871. The van der Waals surface area contributed by atoms with Crippen molar-refractivity contribution in [1.29, 1.82) is 0 Å². The third-order valence-electron chi connectivity index (χ3n) is 3.64. The molecule has 1 heterocycles. The molecular formula is C15H20Cl2N4O. The van der Waals surface area contributed by atoms with E-state index in [4.69, 9.17) is 5.73 Å². The Bertz CT molecular complexity index is 595. The first kappa shape index (κ1) is 18.5. The number of amides is 1. The van der Waals surface area contributed by atoms with Gasteiger partial charge in [0.05, 0.1) is 11.9 Å². The Kier molecular flexibility index (Phi) is 6.41. The lowest BCUT2D eigenvalue weighted by molar-refractivity contribution is -0.123. The van der Waals surface area contributed by atoms with E-state index in [0.29, 0.717) is 6.54 Å². The van der Waals surface area contributed by atoms with Gasteiger partial charge in [-0.05, 0) is 24.0 Å². The van der Waals surface area contributed by atoms with Crippen LogP contribution in [0, 0.1) is 0 Å². The van der Waals surface area contributed by atoms with Crippen molar-refractivity contribution < 1.29 is 4.79 Å². The van der Waals surface area contributed by atoms with Gasteiger partial charge >= 0.3 is 0 Å². The van der Waals surface area contributed by atoms with Crippen LogP contribution in [-0.4, -0.2) is 21.0 Å². The highest BCUT2D eigenvalue weighted by Crippen LogP contribution is 2.32. The molecule has 120 valence electrons. The highest BCUT2D eigenvalue weighted by atomic mass is 35.5. The van der Waals surface area contributed by atoms with Crippen LogP contribution in [0.25, 0.3) is 0 Å². The zero-order valence-electron chi connectivity index (χ0n) is 12.1. The van der Waals surface area contributed by atoms with Crippen LogP contribution in [0.15, 0.2) is 43.0 Å². The summed E-state index contributed by atoms with van der Waals surface area (Å²) in [6.45, 7) is 1.34. The van der Waals surface area contributed by atoms with Crippen LogP contribution in [0.1, 0.15) is 24.0 Å². The number of nitrogens with zero attached hydrogens (tertiary/aromatic N) is 2. The van der Waals surface area contributed by atoms with Gasteiger partial charge in [-0.1, -0.05) is 24.3 Å². The lowest BCUT2D eigenvalue weighted by Crippen LogP contribution is -2.42. The summed E-state index contributed by atoms with van der Waals surface area (Å²) in [6.07, 6.45) is 7.09. The lowest BCUT2D eigenvalue weighted by Gasteiger charge is -2.10. The summed E-state index contributed by atoms with van der Waals surface area (Å²) < 4.78 is 2.02. The van der Waals surface area contributed by atoms with Gasteiger partial charge in [0.25, 0.3) is 0 Å². The fourth-order valence-electron chi connectivity index (χ4n) is 2.07. The van der Waals surface area contributed by atoms with Crippen molar-refractivity contribution in [3.8, 4) is 0 Å². The second-order valence-corrected chi connectivity index (χ2v) is 5.39. The molecule has 0 unspecified atom stereocenters. The van der Waals surface area contributed by atoms with Crippen LogP contribution in [0.4, 0.5) is 0 Å². The molecule has 3 N–H and O–H groups in total. The average Bonchev–Trinajstić information content (AvgIpc) is 3.01. The third kappa shape index (κ3) is 4.47. The number of aromatic nitrogens is 2. The first-order valence-electron chi connectivity index (χ1n) is 6.76. The standard InChI is InChI=1S/C15H18N4O.2ClH/c16-15(5-6-15)14(20)18-9-12-1-3-13(4-2-12)10-19-8-7-17-11-19;;/h1-4,7-8,11H,5-6,9-10,16H2,(H,18,20);2*1H. The molecule has 0 radical (unpaired) electrons. The van der Waals surface area contributed by atoms with E-state index in [0.717, 1.165) is 24.9 Å². The zero-order chi connectivity index (χ0) is 14.0. The molecule has 0 aliphatic heterocycles. The first-order chi connectivity index (χ1) is 9.66. The molecule has 1 aromatic carbocycles. The summed E-state index contributed by atoms with van der Waals surface area (Å²) in [6, 6.07) is 8.19. The minimum absolute atomic E-state index is 0. The van der Waals surface area contributed by atoms with Crippen molar-refractivity contribution in [3.05, 3.63) is 54.1 Å². The van der Waals surface area contributed by atoms with Gasteiger partial charge in [-0.25, -0.2) is 4.98 Å². The first-order valence-corrected chi connectivity index (χ1v) is 6.76. The molecule has 1 fully saturated rings. The second kappa shape index (κ2) is 7.63. The summed E-state index contributed by atoms with van der Waals surface area (Å²) in [4.78, 5) is 15.7. The summed E-state index contributed by atoms with van der Waals surface area (Å²) in [5.41, 5.74) is 7.52. The maximum Gasteiger partial charge on any atom is 0.240 e. The summed E-state index contributed by atoms with van der Waals surface area (Å²) >= 11 is 0. The fourth-order valence-corrected chi connectivity index (χ4v) is 2.07. The van der Waals surface area contributed by atoms with E-state index in [-0.39, 0.29) is 30.7 Å². The van der Waals surface area contributed by atoms with E-state index in [1.165, 1.54) is 5.56 Å². The van der Waals surface area contributed by atoms with E-state index in [1.54, 1.807) is 12.5 Å². The molecule has 1 aromatic heterocycles. The summed E-state index contributed by atoms with van der Waals surface area (Å²) in [7, 11) is 0. The van der Waals surface area contributed by atoms with E-state index in [9.17, 15) is 4.79 Å². The van der Waals surface area contributed by atoms with Crippen molar-refractivity contribution in [2.45, 2.75) is 31.5 Å². The van der Waals surface area contributed by atoms with Gasteiger partial charge in [0.15, 0.2) is 0 Å². The number of nitrogens with two attached hydrogens (primary N) is 1. The molecule has 0 spiro atoms. The number of rotatable bonds is 5. The van der Waals surface area contributed by atoms with E-state index >= 15 is 0 Å². The van der Waals surface area contributed by atoms with Gasteiger partial charge in [0.1, 0.15) is 0 Å². The molecule has 1 saturated carbocycles. The lowest BCUT2D eigenvalue weighted by atomic mass is 10.1. The Morgan fingerprint density at radius 2 is 1.86 bits per heavy atom.